The summed E-state index contributed by atoms with van der Waals surface area (Å²) in [6.45, 7) is 0.595. The van der Waals surface area contributed by atoms with Gasteiger partial charge >= 0.3 is 0 Å². The number of rotatable bonds is 3. The Hall–Kier alpha value is -2.21. The molecular weight excluding hydrogens is 272 g/mol. The number of hydrogen-bond acceptors (Lipinski definition) is 3. The van der Waals surface area contributed by atoms with Gasteiger partial charge in [-0.1, -0.05) is 12.1 Å². The number of amides is 1. The molecule has 2 aromatic heterocycles. The highest BCUT2D eigenvalue weighted by atomic mass is 32.1. The van der Waals surface area contributed by atoms with Crippen molar-refractivity contribution >= 4 is 28.3 Å². The number of fused-ring (bicyclic) bond motifs is 1. The minimum Gasteiger partial charge on any atom is -0.330 e. The fourth-order valence-corrected chi connectivity index (χ4v) is 2.75. The first-order valence-electron chi connectivity index (χ1n) is 6.31. The third-order valence-electron chi connectivity index (χ3n) is 3.07. The number of imidazole rings is 1. The predicted molar refractivity (Wildman–Crippen MR) is 78.2 cm³/mol. The average molecular weight is 286 g/mol. The predicted octanol–water partition coefficient (Wildman–Crippen LogP) is 1.95. The van der Waals surface area contributed by atoms with E-state index in [0.717, 1.165) is 15.8 Å². The molecule has 0 atom stereocenters. The summed E-state index contributed by atoms with van der Waals surface area (Å²) in [6, 6.07) is 7.89. The molecule has 0 aliphatic rings. The minimum atomic E-state index is -0.110. The van der Waals surface area contributed by atoms with Gasteiger partial charge in [-0.05, 0) is 12.1 Å². The van der Waals surface area contributed by atoms with Gasteiger partial charge in [-0.3, -0.25) is 4.79 Å². The quantitative estimate of drug-likeness (QED) is 0.739. The summed E-state index contributed by atoms with van der Waals surface area (Å²) in [4.78, 5) is 21.0. The summed E-state index contributed by atoms with van der Waals surface area (Å²) in [5.74, 6) is -0.110. The molecule has 0 spiro atoms. The Labute approximate surface area is 119 Å². The van der Waals surface area contributed by atoms with Crippen LogP contribution in [-0.4, -0.2) is 20.0 Å². The zero-order valence-corrected chi connectivity index (χ0v) is 11.9. The van der Waals surface area contributed by atoms with Gasteiger partial charge in [0.2, 0.25) is 5.91 Å². The molecule has 0 saturated heterocycles. The van der Waals surface area contributed by atoms with Gasteiger partial charge in [0.1, 0.15) is 0 Å². The lowest BCUT2D eigenvalue weighted by Gasteiger charge is -2.01. The summed E-state index contributed by atoms with van der Waals surface area (Å²) in [6.07, 6.45) is 4.03. The molecule has 3 rings (SSSR count). The first-order chi connectivity index (χ1) is 9.74. The van der Waals surface area contributed by atoms with Gasteiger partial charge in [0.25, 0.3) is 0 Å². The molecule has 0 aliphatic heterocycles. The van der Waals surface area contributed by atoms with Crippen molar-refractivity contribution in [2.75, 3.05) is 0 Å². The van der Waals surface area contributed by atoms with Gasteiger partial charge < -0.3 is 9.13 Å². The number of carbonyl (C=O) groups excluding carboxylic acids is 1. The number of hydrogen-bond donors (Lipinski definition) is 0. The topological polar surface area (TPSA) is 52.2 Å². The first kappa shape index (κ1) is 12.8. The summed E-state index contributed by atoms with van der Waals surface area (Å²) in [7, 11) is 1.88. The Bertz CT molecular complexity index is 812. The van der Waals surface area contributed by atoms with E-state index in [1.54, 1.807) is 6.33 Å². The minimum absolute atomic E-state index is 0.110. The van der Waals surface area contributed by atoms with E-state index in [0.29, 0.717) is 13.0 Å². The molecule has 20 heavy (non-hydrogen) atoms. The van der Waals surface area contributed by atoms with Crippen molar-refractivity contribution in [3.63, 3.8) is 0 Å². The molecule has 0 unspecified atom stereocenters. The smallest absolute Gasteiger partial charge is 0.250 e. The van der Waals surface area contributed by atoms with Crippen LogP contribution in [0.3, 0.4) is 0 Å². The van der Waals surface area contributed by atoms with Crippen molar-refractivity contribution in [2.45, 2.75) is 13.0 Å². The molecule has 2 heterocycles. The normalized spacial score (nSPS) is 12.2. The van der Waals surface area contributed by atoms with Crippen LogP contribution in [0.25, 0.3) is 11.0 Å². The average Bonchev–Trinajstić information content (AvgIpc) is 3.04. The third kappa shape index (κ3) is 2.55. The molecule has 1 amide bonds. The van der Waals surface area contributed by atoms with Crippen LogP contribution >= 0.6 is 11.3 Å². The van der Waals surface area contributed by atoms with Crippen LogP contribution in [0.5, 0.6) is 0 Å². The van der Waals surface area contributed by atoms with Crippen molar-refractivity contribution in [3.8, 4) is 0 Å². The van der Waals surface area contributed by atoms with Crippen molar-refractivity contribution in [1.82, 2.24) is 14.1 Å². The molecule has 3 aromatic rings. The SMILES string of the molecule is Cn1ccsc1=NC(=O)CCn1cnc2ccccc21. The van der Waals surface area contributed by atoms with Crippen LogP contribution in [0.4, 0.5) is 0 Å². The summed E-state index contributed by atoms with van der Waals surface area (Å²) in [5, 5.41) is 1.91. The second kappa shape index (κ2) is 5.42. The molecule has 5 nitrogen and oxygen atoms in total. The fraction of sp³-hybridized carbons (Fsp3) is 0.214. The van der Waals surface area contributed by atoms with Gasteiger partial charge in [-0.15, -0.1) is 11.3 Å². The van der Waals surface area contributed by atoms with Gasteiger partial charge in [0, 0.05) is 31.6 Å². The number of carbonyl (C=O) groups is 1. The second-order valence-corrected chi connectivity index (χ2v) is 5.35. The molecule has 0 aliphatic carbocycles. The van der Waals surface area contributed by atoms with E-state index in [1.807, 2.05) is 52.0 Å². The van der Waals surface area contributed by atoms with Crippen LogP contribution < -0.4 is 4.80 Å². The van der Waals surface area contributed by atoms with E-state index in [1.165, 1.54) is 11.3 Å². The highest BCUT2D eigenvalue weighted by molar-refractivity contribution is 7.07. The van der Waals surface area contributed by atoms with Crippen molar-refractivity contribution in [3.05, 3.63) is 47.0 Å². The maximum atomic E-state index is 11.9. The molecule has 1 aromatic carbocycles. The van der Waals surface area contributed by atoms with E-state index in [4.69, 9.17) is 0 Å². The highest BCUT2D eigenvalue weighted by Gasteiger charge is 2.04. The number of aryl methyl sites for hydroxylation is 2. The molecule has 0 N–H and O–H groups in total. The Morgan fingerprint density at radius 2 is 2.25 bits per heavy atom. The Morgan fingerprint density at radius 3 is 3.05 bits per heavy atom. The van der Waals surface area contributed by atoms with Crippen molar-refractivity contribution in [1.29, 1.82) is 0 Å². The molecule has 0 radical (unpaired) electrons. The van der Waals surface area contributed by atoms with E-state index in [9.17, 15) is 4.79 Å². The van der Waals surface area contributed by atoms with Crippen molar-refractivity contribution < 1.29 is 4.79 Å². The van der Waals surface area contributed by atoms with Gasteiger partial charge in [-0.2, -0.15) is 4.99 Å². The van der Waals surface area contributed by atoms with Crippen LogP contribution in [0.1, 0.15) is 6.42 Å². The van der Waals surface area contributed by atoms with Gasteiger partial charge in [-0.25, -0.2) is 4.98 Å². The van der Waals surface area contributed by atoms with E-state index < -0.39 is 0 Å². The van der Waals surface area contributed by atoms with Crippen LogP contribution in [0, 0.1) is 0 Å². The number of benzene rings is 1. The fourth-order valence-electron chi connectivity index (χ4n) is 2.00. The zero-order valence-electron chi connectivity index (χ0n) is 11.1. The number of aromatic nitrogens is 3. The van der Waals surface area contributed by atoms with Crippen LogP contribution in [-0.2, 0) is 18.4 Å². The Balaban J connectivity index is 1.74. The number of thiazole rings is 1. The van der Waals surface area contributed by atoms with Crippen LogP contribution in [0.2, 0.25) is 0 Å². The van der Waals surface area contributed by atoms with Gasteiger partial charge in [0.15, 0.2) is 4.80 Å². The lowest BCUT2D eigenvalue weighted by Crippen LogP contribution is -2.13. The van der Waals surface area contributed by atoms with E-state index in [-0.39, 0.29) is 5.91 Å². The standard InChI is InChI=1S/C14H14N4OS/c1-17-8-9-20-14(17)16-13(19)6-7-18-10-15-11-4-2-3-5-12(11)18/h2-5,8-10H,6-7H2,1H3. The Kier molecular flexibility index (Phi) is 3.47. The summed E-state index contributed by atoms with van der Waals surface area (Å²) in [5.41, 5.74) is 1.99. The maximum Gasteiger partial charge on any atom is 0.250 e. The third-order valence-corrected chi connectivity index (χ3v) is 3.92. The van der Waals surface area contributed by atoms with E-state index >= 15 is 0 Å². The van der Waals surface area contributed by atoms with E-state index in [2.05, 4.69) is 9.98 Å². The zero-order chi connectivity index (χ0) is 13.9. The lowest BCUT2D eigenvalue weighted by atomic mass is 10.3. The monoisotopic (exact) mass is 286 g/mol. The second-order valence-electron chi connectivity index (χ2n) is 4.48. The molecule has 6 heteroatoms. The van der Waals surface area contributed by atoms with Crippen molar-refractivity contribution in [2.24, 2.45) is 12.0 Å². The largest absolute Gasteiger partial charge is 0.330 e. The molecule has 0 fully saturated rings. The summed E-state index contributed by atoms with van der Waals surface area (Å²) < 4.78 is 3.83. The number of para-hydroxylation sites is 2. The highest BCUT2D eigenvalue weighted by Crippen LogP contribution is 2.12. The molecular formula is C14H14N4OS. The molecule has 0 saturated carbocycles. The van der Waals surface area contributed by atoms with Gasteiger partial charge in [0.05, 0.1) is 17.4 Å². The molecule has 102 valence electrons. The number of nitrogens with zero attached hydrogens (tertiary/aromatic N) is 4. The Morgan fingerprint density at radius 1 is 1.40 bits per heavy atom. The first-order valence-corrected chi connectivity index (χ1v) is 7.19. The maximum absolute atomic E-state index is 11.9. The summed E-state index contributed by atoms with van der Waals surface area (Å²) >= 11 is 1.46. The van der Waals surface area contributed by atoms with Crippen LogP contribution in [0.15, 0.2) is 47.2 Å². The lowest BCUT2D eigenvalue weighted by molar-refractivity contribution is -0.118. The molecule has 0 bridgehead atoms.